The molecule has 0 amide bonds. The lowest BCUT2D eigenvalue weighted by Gasteiger charge is -2.27. The first-order valence-electron chi connectivity index (χ1n) is 11.4. The lowest BCUT2D eigenvalue weighted by molar-refractivity contribution is 0.416. The van der Waals surface area contributed by atoms with Gasteiger partial charge < -0.3 is 19.4 Å². The molecule has 0 spiro atoms. The molecule has 2 N–H and O–H groups in total. The van der Waals surface area contributed by atoms with Crippen LogP contribution >= 0.6 is 28.1 Å². The molecule has 2 aromatic carbocycles. The van der Waals surface area contributed by atoms with Crippen molar-refractivity contribution >= 4 is 54.7 Å². The van der Waals surface area contributed by atoms with Gasteiger partial charge in [0.2, 0.25) is 10.0 Å². The van der Waals surface area contributed by atoms with Crippen LogP contribution in [0.4, 0.5) is 15.8 Å². The number of nitrogens with zero attached hydrogens (tertiary/aromatic N) is 2. The Bertz CT molecular complexity index is 1610. The van der Waals surface area contributed by atoms with Crippen LogP contribution in [0.15, 0.2) is 81.8 Å². The fourth-order valence-electron chi connectivity index (χ4n) is 4.38. The normalized spacial score (nSPS) is 17.4. The van der Waals surface area contributed by atoms with Crippen molar-refractivity contribution in [1.29, 1.82) is 0 Å². The lowest BCUT2D eigenvalue weighted by atomic mass is 10.0. The minimum atomic E-state index is -3.51. The minimum Gasteiger partial charge on any atom is -0.494 e. The maximum absolute atomic E-state index is 13.7. The predicted octanol–water partition coefficient (Wildman–Crippen LogP) is 5.80. The van der Waals surface area contributed by atoms with Crippen LogP contribution in [0.5, 0.6) is 5.75 Å². The molecular weight excluding hydrogens is 595 g/mol. The number of methoxy groups -OCH3 is 1. The molecule has 1 saturated heterocycles. The van der Waals surface area contributed by atoms with Crippen LogP contribution in [0.2, 0.25) is 0 Å². The zero-order valence-corrected chi connectivity index (χ0v) is 23.4. The number of nitrogens with one attached hydrogen (secondary N) is 2. The van der Waals surface area contributed by atoms with Crippen molar-refractivity contribution < 1.29 is 22.0 Å². The number of anilines is 2. The number of halogens is 2. The van der Waals surface area contributed by atoms with Gasteiger partial charge in [0.1, 0.15) is 29.1 Å². The van der Waals surface area contributed by atoms with Crippen molar-refractivity contribution in [3.05, 3.63) is 94.7 Å². The number of ether oxygens (including phenoxy) is 1. The van der Waals surface area contributed by atoms with Crippen molar-refractivity contribution in [3.8, 4) is 17.1 Å². The molecule has 0 saturated carbocycles. The van der Waals surface area contributed by atoms with E-state index >= 15 is 0 Å². The Balaban J connectivity index is 1.60. The van der Waals surface area contributed by atoms with Crippen LogP contribution in [0.25, 0.3) is 11.3 Å². The summed E-state index contributed by atoms with van der Waals surface area (Å²) in [5.41, 5.74) is 2.41. The molecule has 0 unspecified atom stereocenters. The SMILES string of the molecule is COc1cc(N2C(=S)N[C@@H](c3ccccn3)[C@H]2c2ccc(-c3ccc(F)cc3Br)o2)ccc1NS(C)(=O)=O. The monoisotopic (exact) mass is 616 g/mol. The van der Waals surface area contributed by atoms with E-state index in [1.807, 2.05) is 35.2 Å². The highest BCUT2D eigenvalue weighted by atomic mass is 79.9. The molecular formula is C26H22BrFN4O4S2. The highest BCUT2D eigenvalue weighted by Crippen LogP contribution is 2.45. The molecule has 1 aliphatic heterocycles. The van der Waals surface area contributed by atoms with E-state index in [2.05, 4.69) is 31.0 Å². The molecule has 1 fully saturated rings. The van der Waals surface area contributed by atoms with Gasteiger partial charge in [0.25, 0.3) is 0 Å². The molecule has 38 heavy (non-hydrogen) atoms. The van der Waals surface area contributed by atoms with Gasteiger partial charge in [0.05, 0.1) is 30.8 Å². The second-order valence-electron chi connectivity index (χ2n) is 8.58. The number of furan rings is 1. The molecule has 196 valence electrons. The van der Waals surface area contributed by atoms with Crippen molar-refractivity contribution in [2.45, 2.75) is 12.1 Å². The van der Waals surface area contributed by atoms with Gasteiger partial charge in [-0.2, -0.15) is 0 Å². The van der Waals surface area contributed by atoms with Crippen molar-refractivity contribution in [3.63, 3.8) is 0 Å². The Labute approximate surface area is 233 Å². The van der Waals surface area contributed by atoms with Crippen LogP contribution < -0.4 is 19.7 Å². The van der Waals surface area contributed by atoms with Crippen LogP contribution in [-0.2, 0) is 10.0 Å². The summed E-state index contributed by atoms with van der Waals surface area (Å²) in [5, 5.41) is 3.78. The number of benzene rings is 2. The van der Waals surface area contributed by atoms with Gasteiger partial charge in [0, 0.05) is 28.0 Å². The van der Waals surface area contributed by atoms with Crippen LogP contribution in [0.1, 0.15) is 23.5 Å². The Morgan fingerprint density at radius 3 is 2.66 bits per heavy atom. The highest BCUT2D eigenvalue weighted by Gasteiger charge is 2.43. The van der Waals surface area contributed by atoms with Gasteiger partial charge >= 0.3 is 0 Å². The first-order valence-corrected chi connectivity index (χ1v) is 14.5. The average Bonchev–Trinajstić information content (AvgIpc) is 3.48. The van der Waals surface area contributed by atoms with Gasteiger partial charge in [-0.05, 0) is 82.7 Å². The molecule has 5 rings (SSSR count). The molecule has 0 radical (unpaired) electrons. The smallest absolute Gasteiger partial charge is 0.229 e. The number of aromatic nitrogens is 1. The molecule has 12 heteroatoms. The zero-order chi connectivity index (χ0) is 27.0. The van der Waals surface area contributed by atoms with Crippen LogP contribution in [0.3, 0.4) is 0 Å². The summed E-state index contributed by atoms with van der Waals surface area (Å²) in [5.74, 6) is 1.11. The van der Waals surface area contributed by atoms with E-state index in [9.17, 15) is 12.8 Å². The van der Waals surface area contributed by atoms with Crippen LogP contribution in [-0.4, -0.2) is 31.9 Å². The summed E-state index contributed by atoms with van der Waals surface area (Å²) < 4.78 is 52.1. The van der Waals surface area contributed by atoms with Gasteiger partial charge in [0.15, 0.2) is 5.11 Å². The van der Waals surface area contributed by atoms with Crippen LogP contribution in [0, 0.1) is 5.82 Å². The van der Waals surface area contributed by atoms with Crippen molar-refractivity contribution in [2.24, 2.45) is 0 Å². The third-order valence-electron chi connectivity index (χ3n) is 5.97. The van der Waals surface area contributed by atoms with Crippen molar-refractivity contribution in [1.82, 2.24) is 10.3 Å². The summed E-state index contributed by atoms with van der Waals surface area (Å²) in [6.45, 7) is 0. The third kappa shape index (κ3) is 5.24. The highest BCUT2D eigenvalue weighted by molar-refractivity contribution is 9.10. The van der Waals surface area contributed by atoms with Crippen molar-refractivity contribution in [2.75, 3.05) is 23.0 Å². The van der Waals surface area contributed by atoms with E-state index in [1.165, 1.54) is 19.2 Å². The minimum absolute atomic E-state index is 0.302. The molecule has 2 aromatic heterocycles. The standard InChI is InChI=1S/C26H22BrFN4O4S2/c1-35-23-14-16(7-9-19(23)31-38(2,33)34)32-25(24(30-26(32)37)20-5-3-4-12-29-20)22-11-10-21(36-22)17-8-6-15(28)13-18(17)27/h3-14,24-25,31H,1-2H3,(H,30,37)/t24-,25+/m0/s1. The Hall–Kier alpha value is -3.48. The molecule has 1 aliphatic rings. The first kappa shape index (κ1) is 26.1. The maximum atomic E-state index is 13.7. The molecule has 8 nitrogen and oxygen atoms in total. The van der Waals surface area contributed by atoms with E-state index in [4.69, 9.17) is 21.4 Å². The maximum Gasteiger partial charge on any atom is 0.229 e. The first-order chi connectivity index (χ1) is 18.1. The van der Waals surface area contributed by atoms with E-state index in [1.54, 1.807) is 30.5 Å². The van der Waals surface area contributed by atoms with Gasteiger partial charge in [-0.25, -0.2) is 12.8 Å². The summed E-state index contributed by atoms with van der Waals surface area (Å²) in [6, 6.07) is 17.9. The summed E-state index contributed by atoms with van der Waals surface area (Å²) in [4.78, 5) is 6.41. The number of rotatable bonds is 7. The predicted molar refractivity (Wildman–Crippen MR) is 151 cm³/mol. The summed E-state index contributed by atoms with van der Waals surface area (Å²) in [6.07, 6.45) is 2.78. The molecule has 2 atom stereocenters. The third-order valence-corrected chi connectivity index (χ3v) is 7.53. The fourth-order valence-corrected chi connectivity index (χ4v) is 5.84. The summed E-state index contributed by atoms with van der Waals surface area (Å²) in [7, 11) is -2.05. The Morgan fingerprint density at radius 2 is 1.97 bits per heavy atom. The van der Waals surface area contributed by atoms with E-state index in [0.29, 0.717) is 43.8 Å². The Kier molecular flexibility index (Phi) is 7.12. The number of thiocarbonyl (C=S) groups is 1. The molecule has 0 bridgehead atoms. The topological polar surface area (TPSA) is 96.7 Å². The summed E-state index contributed by atoms with van der Waals surface area (Å²) >= 11 is 9.17. The molecule has 3 heterocycles. The Morgan fingerprint density at radius 1 is 1.16 bits per heavy atom. The second-order valence-corrected chi connectivity index (χ2v) is 11.6. The van der Waals surface area contributed by atoms with Gasteiger partial charge in [-0.1, -0.05) is 6.07 Å². The van der Waals surface area contributed by atoms with Gasteiger partial charge in [-0.3, -0.25) is 9.71 Å². The average molecular weight is 618 g/mol. The van der Waals surface area contributed by atoms with E-state index in [0.717, 1.165) is 11.9 Å². The zero-order valence-electron chi connectivity index (χ0n) is 20.2. The molecule has 4 aromatic rings. The quantitative estimate of drug-likeness (QED) is 0.251. The van der Waals surface area contributed by atoms with E-state index < -0.39 is 16.1 Å². The number of sulfonamides is 1. The molecule has 0 aliphatic carbocycles. The second kappa shape index (κ2) is 10.4. The van der Waals surface area contributed by atoms with E-state index in [-0.39, 0.29) is 11.9 Å². The number of hydrogen-bond acceptors (Lipinski definition) is 6. The number of pyridine rings is 1. The largest absolute Gasteiger partial charge is 0.494 e. The number of hydrogen-bond donors (Lipinski definition) is 2. The van der Waals surface area contributed by atoms with Gasteiger partial charge in [-0.15, -0.1) is 0 Å². The lowest BCUT2D eigenvalue weighted by Crippen LogP contribution is -2.29. The fraction of sp³-hybridized carbons (Fsp3) is 0.154.